The molecule has 2 aliphatic carbocycles. The van der Waals surface area contributed by atoms with Crippen LogP contribution in [0, 0.1) is 17.8 Å². The number of halogens is 1. The van der Waals surface area contributed by atoms with E-state index in [2.05, 4.69) is 28.3 Å². The van der Waals surface area contributed by atoms with Crippen LogP contribution >= 0.6 is 11.6 Å². The van der Waals surface area contributed by atoms with Crippen LogP contribution < -0.4 is 10.1 Å². The van der Waals surface area contributed by atoms with Gasteiger partial charge < -0.3 is 20.1 Å². The quantitative estimate of drug-likeness (QED) is 0.141. The fourth-order valence-corrected chi connectivity index (χ4v) is 7.89. The lowest BCUT2D eigenvalue weighted by Gasteiger charge is -2.35. The highest BCUT2D eigenvalue weighted by Gasteiger charge is 2.28. The number of rotatable bonds is 13. The Morgan fingerprint density at radius 3 is 2.23 bits per heavy atom. The number of carboxylic acids is 1. The Labute approximate surface area is 316 Å². The van der Waals surface area contributed by atoms with Crippen molar-refractivity contribution in [3.05, 3.63) is 112 Å². The number of amides is 2. The average Bonchev–Trinajstić information content (AvgIpc) is 3.19. The predicted molar refractivity (Wildman–Crippen MR) is 208 cm³/mol. The van der Waals surface area contributed by atoms with Crippen LogP contribution in [-0.2, 0) is 22.6 Å². The van der Waals surface area contributed by atoms with Gasteiger partial charge in [-0.25, -0.2) is 9.97 Å². The number of hydrogen-bond acceptors (Lipinski definition) is 6. The molecule has 1 heterocycles. The molecule has 2 amide bonds. The average molecular weight is 735 g/mol. The number of hydrogen-bond donors (Lipinski definition) is 2. The molecular weight excluding hydrogens is 688 g/mol. The first-order valence-electron chi connectivity index (χ1n) is 18.5. The third kappa shape index (κ3) is 9.90. The predicted octanol–water partition coefficient (Wildman–Crippen LogP) is 9.11. The molecule has 4 aromatic rings. The first kappa shape index (κ1) is 37.7. The third-order valence-electron chi connectivity index (χ3n) is 10.8. The maximum Gasteiger partial charge on any atom is 0.323 e. The van der Waals surface area contributed by atoms with E-state index < -0.39 is 18.4 Å². The molecule has 0 radical (unpaired) electrons. The van der Waals surface area contributed by atoms with Crippen LogP contribution in [0.4, 0.5) is 5.69 Å². The van der Waals surface area contributed by atoms with Gasteiger partial charge in [-0.15, -0.1) is 0 Å². The zero-order valence-electron chi connectivity index (χ0n) is 30.4. The van der Waals surface area contributed by atoms with E-state index in [9.17, 15) is 19.5 Å². The first-order chi connectivity index (χ1) is 25.7. The van der Waals surface area contributed by atoms with E-state index in [1.165, 1.54) is 49.0 Å². The number of methoxy groups -OCH3 is 1. The Hall–Kier alpha value is -5.02. The summed E-state index contributed by atoms with van der Waals surface area (Å²) >= 11 is 6.28. The van der Waals surface area contributed by atoms with Crippen LogP contribution in [0.2, 0.25) is 5.02 Å². The van der Waals surface area contributed by atoms with Crippen molar-refractivity contribution < 1.29 is 24.2 Å². The van der Waals surface area contributed by atoms with Crippen molar-refractivity contribution in [2.24, 2.45) is 17.8 Å². The molecule has 276 valence electrons. The van der Waals surface area contributed by atoms with Gasteiger partial charge in [0.2, 0.25) is 5.91 Å². The Balaban J connectivity index is 1.03. The molecule has 53 heavy (non-hydrogen) atoms. The zero-order valence-corrected chi connectivity index (χ0v) is 31.1. The lowest BCUT2D eigenvalue weighted by atomic mass is 9.71. The van der Waals surface area contributed by atoms with Crippen molar-refractivity contribution in [2.75, 3.05) is 19.0 Å². The molecule has 10 heteroatoms. The molecule has 2 aliphatic rings. The maximum atomic E-state index is 13.4. The zero-order chi connectivity index (χ0) is 37.3. The van der Waals surface area contributed by atoms with Gasteiger partial charge in [-0.1, -0.05) is 74.2 Å². The summed E-state index contributed by atoms with van der Waals surface area (Å²) in [6.45, 7) is 1.95. The van der Waals surface area contributed by atoms with Crippen molar-refractivity contribution in [1.82, 2.24) is 14.9 Å². The molecule has 1 unspecified atom stereocenters. The molecule has 1 atom stereocenters. The molecule has 0 bridgehead atoms. The number of carbonyl (C=O) groups is 3. The minimum absolute atomic E-state index is 0.0602. The number of nitrogens with one attached hydrogen (secondary N) is 1. The molecule has 6 rings (SSSR count). The van der Waals surface area contributed by atoms with E-state index in [0.29, 0.717) is 33.4 Å². The van der Waals surface area contributed by atoms with Gasteiger partial charge in [0.25, 0.3) is 5.91 Å². The van der Waals surface area contributed by atoms with E-state index in [4.69, 9.17) is 16.3 Å². The first-order valence-corrected chi connectivity index (χ1v) is 18.9. The third-order valence-corrected chi connectivity index (χ3v) is 11.2. The maximum absolute atomic E-state index is 13.4. The van der Waals surface area contributed by atoms with Crippen molar-refractivity contribution >= 4 is 40.6 Å². The molecule has 1 saturated carbocycles. The number of allylic oxidation sites excluding steroid dienone is 2. The van der Waals surface area contributed by atoms with E-state index in [-0.39, 0.29) is 18.9 Å². The molecule has 9 nitrogen and oxygen atoms in total. The smallest absolute Gasteiger partial charge is 0.323 e. The van der Waals surface area contributed by atoms with E-state index >= 15 is 0 Å². The minimum atomic E-state index is -1.12. The van der Waals surface area contributed by atoms with Crippen molar-refractivity contribution in [1.29, 1.82) is 0 Å². The van der Waals surface area contributed by atoms with Crippen LogP contribution in [0.3, 0.4) is 0 Å². The Morgan fingerprint density at radius 2 is 1.62 bits per heavy atom. The lowest BCUT2D eigenvalue weighted by molar-refractivity contribution is -0.137. The topological polar surface area (TPSA) is 122 Å². The number of anilines is 1. The van der Waals surface area contributed by atoms with Gasteiger partial charge in [0, 0.05) is 46.3 Å². The second-order valence-corrected chi connectivity index (χ2v) is 14.7. The second-order valence-electron chi connectivity index (χ2n) is 14.3. The highest BCUT2D eigenvalue weighted by Crippen LogP contribution is 2.41. The minimum Gasteiger partial charge on any atom is -0.497 e. The van der Waals surface area contributed by atoms with Gasteiger partial charge in [-0.3, -0.25) is 14.4 Å². The number of benzene rings is 3. The molecule has 0 spiro atoms. The van der Waals surface area contributed by atoms with E-state index in [1.807, 2.05) is 36.7 Å². The summed E-state index contributed by atoms with van der Waals surface area (Å²) in [6, 6.07) is 19.0. The highest BCUT2D eigenvalue weighted by atomic mass is 35.5. The second kappa shape index (κ2) is 17.7. The summed E-state index contributed by atoms with van der Waals surface area (Å²) in [4.78, 5) is 48.5. The number of nitrogens with zero attached hydrogens (tertiary/aromatic N) is 3. The van der Waals surface area contributed by atoms with Gasteiger partial charge in [-0.2, -0.15) is 0 Å². The van der Waals surface area contributed by atoms with Crippen LogP contribution in [0.5, 0.6) is 5.75 Å². The van der Waals surface area contributed by atoms with Crippen LogP contribution in [-0.4, -0.2) is 51.4 Å². The van der Waals surface area contributed by atoms with Crippen LogP contribution in [0.25, 0.3) is 17.0 Å². The van der Waals surface area contributed by atoms with Gasteiger partial charge >= 0.3 is 5.97 Å². The Morgan fingerprint density at radius 1 is 0.906 bits per heavy atom. The van der Waals surface area contributed by atoms with Crippen molar-refractivity contribution in [3.8, 4) is 17.1 Å². The van der Waals surface area contributed by atoms with Crippen LogP contribution in [0.1, 0.15) is 85.3 Å². The fourth-order valence-electron chi connectivity index (χ4n) is 7.65. The van der Waals surface area contributed by atoms with Crippen molar-refractivity contribution in [2.45, 2.75) is 71.3 Å². The summed E-state index contributed by atoms with van der Waals surface area (Å²) in [5, 5.41) is 12.8. The number of aliphatic carboxylic acids is 1. The summed E-state index contributed by atoms with van der Waals surface area (Å²) in [7, 11) is 1.54. The summed E-state index contributed by atoms with van der Waals surface area (Å²) < 4.78 is 5.16. The molecule has 3 aromatic carbocycles. The summed E-state index contributed by atoms with van der Waals surface area (Å²) in [6.07, 6.45) is 16.6. The standard InChI is InChI=1S/C43H47ClN4O5/c1-3-28-4-8-30(9-5-28)31-12-14-32(15-13-31)36-24-45-42(46-25-36)33-10-6-29(7-11-33)26-48(27-41(50)51)43(52)34-16-19-37(20-17-34)47-40(49)22-35-18-21-38(53-2)23-39(35)44/h6-7,10-11,14,16-21,23-25,28,30-31H,3-5,8-9,12-13,15,22,26-27H2,1-2H3,(H,47,49)(H,50,51)/t28-,30-,31?. The molecule has 2 N–H and O–H groups in total. The molecule has 1 fully saturated rings. The van der Waals surface area contributed by atoms with Crippen LogP contribution in [0.15, 0.2) is 85.2 Å². The van der Waals surface area contributed by atoms with Gasteiger partial charge in [0.05, 0.1) is 13.5 Å². The monoisotopic (exact) mass is 734 g/mol. The number of ether oxygens (including phenoxy) is 1. The largest absolute Gasteiger partial charge is 0.497 e. The summed E-state index contributed by atoms with van der Waals surface area (Å²) in [5.74, 6) is 1.98. The van der Waals surface area contributed by atoms with Gasteiger partial charge in [0.1, 0.15) is 12.3 Å². The lowest BCUT2D eigenvalue weighted by Crippen LogP contribution is -2.35. The SMILES string of the molecule is CC[C@H]1CC[C@H](C2CC=C(c3cnc(-c4ccc(CN(CC(=O)O)C(=O)c5ccc(NC(=O)Cc6ccc(OC)cc6Cl)cc5)cc4)nc3)CC2)CC1. The fraction of sp³-hybridized carbons (Fsp3) is 0.372. The normalized spacial score (nSPS) is 18.5. The molecular formula is C43H47ClN4O5. The van der Waals surface area contributed by atoms with E-state index in [1.54, 1.807) is 49.6 Å². The Bertz CT molecular complexity index is 1920. The van der Waals surface area contributed by atoms with Gasteiger partial charge in [0.15, 0.2) is 5.82 Å². The number of carboxylic acid groups (broad SMARTS) is 1. The Kier molecular flexibility index (Phi) is 12.6. The number of carbonyl (C=O) groups excluding carboxylic acids is 2. The highest BCUT2D eigenvalue weighted by molar-refractivity contribution is 6.31. The van der Waals surface area contributed by atoms with E-state index in [0.717, 1.165) is 47.3 Å². The molecule has 0 saturated heterocycles. The number of aromatic nitrogens is 2. The van der Waals surface area contributed by atoms with Gasteiger partial charge in [-0.05, 0) is 103 Å². The molecule has 1 aromatic heterocycles. The van der Waals surface area contributed by atoms with Crippen molar-refractivity contribution in [3.63, 3.8) is 0 Å². The molecule has 0 aliphatic heterocycles. The summed E-state index contributed by atoms with van der Waals surface area (Å²) in [5.41, 5.74) is 5.47.